The molecule has 0 N–H and O–H groups in total. The molecule has 0 radical (unpaired) electrons. The number of piperidine rings is 1. The fraction of sp³-hybridized carbons (Fsp3) is 0.591. The standard InChI is InChI=1S/C22H31N3O4/c1-4-23(5-2)21(27)16-10-12-24(13-11-16)22(28)17-14-20(26)25(15-17)18-8-6-7-9-19(18)29-3/h6-9,16-17H,4-5,10-15H2,1-3H3/t17-/m1/s1. The van der Waals surface area contributed by atoms with Crippen molar-refractivity contribution in [1.82, 2.24) is 9.80 Å². The lowest BCUT2D eigenvalue weighted by Gasteiger charge is -2.34. The number of rotatable bonds is 6. The molecule has 7 nitrogen and oxygen atoms in total. The van der Waals surface area contributed by atoms with Gasteiger partial charge >= 0.3 is 0 Å². The van der Waals surface area contributed by atoms with Crippen LogP contribution >= 0.6 is 0 Å². The monoisotopic (exact) mass is 401 g/mol. The van der Waals surface area contributed by atoms with E-state index in [1.54, 1.807) is 12.0 Å². The van der Waals surface area contributed by atoms with E-state index in [1.165, 1.54) is 0 Å². The summed E-state index contributed by atoms with van der Waals surface area (Å²) in [6, 6.07) is 7.37. The molecule has 0 unspecified atom stereocenters. The Hall–Kier alpha value is -2.57. The summed E-state index contributed by atoms with van der Waals surface area (Å²) in [5.41, 5.74) is 0.707. The van der Waals surface area contributed by atoms with Crippen LogP contribution in [0.3, 0.4) is 0 Å². The second-order valence-electron chi connectivity index (χ2n) is 7.69. The highest BCUT2D eigenvalue weighted by Crippen LogP contribution is 2.33. The largest absolute Gasteiger partial charge is 0.495 e. The van der Waals surface area contributed by atoms with E-state index in [0.29, 0.717) is 43.9 Å². The van der Waals surface area contributed by atoms with Crippen LogP contribution in [0.2, 0.25) is 0 Å². The summed E-state index contributed by atoms with van der Waals surface area (Å²) in [5.74, 6) is 0.436. The normalized spacial score (nSPS) is 20.1. The SMILES string of the molecule is CCN(CC)C(=O)C1CCN(C(=O)[C@@H]2CC(=O)N(c3ccccc3OC)C2)CC1. The Labute approximate surface area is 172 Å². The number of hydrogen-bond acceptors (Lipinski definition) is 4. The van der Waals surface area contributed by atoms with Crippen LogP contribution in [0.4, 0.5) is 5.69 Å². The molecule has 0 aliphatic carbocycles. The van der Waals surface area contributed by atoms with E-state index >= 15 is 0 Å². The highest BCUT2D eigenvalue weighted by Gasteiger charge is 2.39. The third-order valence-electron chi connectivity index (χ3n) is 6.08. The quantitative estimate of drug-likeness (QED) is 0.732. The number of benzene rings is 1. The number of amides is 3. The summed E-state index contributed by atoms with van der Waals surface area (Å²) in [4.78, 5) is 43.5. The van der Waals surface area contributed by atoms with E-state index in [9.17, 15) is 14.4 Å². The number of ether oxygens (including phenoxy) is 1. The Kier molecular flexibility index (Phi) is 6.77. The maximum Gasteiger partial charge on any atom is 0.228 e. The molecule has 1 aromatic carbocycles. The van der Waals surface area contributed by atoms with Gasteiger partial charge in [0.05, 0.1) is 18.7 Å². The van der Waals surface area contributed by atoms with Crippen molar-refractivity contribution in [3.8, 4) is 5.75 Å². The molecule has 1 atom stereocenters. The van der Waals surface area contributed by atoms with E-state index in [1.807, 2.05) is 47.9 Å². The van der Waals surface area contributed by atoms with Gasteiger partial charge < -0.3 is 19.4 Å². The van der Waals surface area contributed by atoms with Crippen LogP contribution in [0.1, 0.15) is 33.1 Å². The summed E-state index contributed by atoms with van der Waals surface area (Å²) < 4.78 is 5.36. The van der Waals surface area contributed by atoms with Crippen molar-refractivity contribution in [2.75, 3.05) is 44.7 Å². The third-order valence-corrected chi connectivity index (χ3v) is 6.08. The third kappa shape index (κ3) is 4.38. The Morgan fingerprint density at radius 1 is 1.10 bits per heavy atom. The molecule has 2 aliphatic rings. The van der Waals surface area contributed by atoms with Gasteiger partial charge in [0.15, 0.2) is 0 Å². The highest BCUT2D eigenvalue weighted by atomic mass is 16.5. The van der Waals surface area contributed by atoms with Gasteiger partial charge in [0.1, 0.15) is 5.75 Å². The van der Waals surface area contributed by atoms with Gasteiger partial charge in [-0.1, -0.05) is 12.1 Å². The average molecular weight is 402 g/mol. The minimum absolute atomic E-state index is 0.00533. The van der Waals surface area contributed by atoms with Crippen LogP contribution in [-0.4, -0.2) is 67.4 Å². The first-order chi connectivity index (χ1) is 14.0. The Bertz CT molecular complexity index is 754. The minimum atomic E-state index is -0.345. The van der Waals surface area contributed by atoms with Crippen molar-refractivity contribution < 1.29 is 19.1 Å². The molecule has 0 spiro atoms. The lowest BCUT2D eigenvalue weighted by atomic mass is 9.94. The summed E-state index contributed by atoms with van der Waals surface area (Å²) in [7, 11) is 1.58. The molecular formula is C22H31N3O4. The second-order valence-corrected chi connectivity index (χ2v) is 7.69. The second kappa shape index (κ2) is 9.29. The van der Waals surface area contributed by atoms with Crippen LogP contribution in [-0.2, 0) is 14.4 Å². The number of anilines is 1. The molecule has 3 rings (SSSR count). The Balaban J connectivity index is 1.60. The van der Waals surface area contributed by atoms with Crippen LogP contribution in [0.25, 0.3) is 0 Å². The van der Waals surface area contributed by atoms with E-state index in [2.05, 4.69) is 0 Å². The Morgan fingerprint density at radius 2 is 1.76 bits per heavy atom. The van der Waals surface area contributed by atoms with Crippen LogP contribution in [0, 0.1) is 11.8 Å². The van der Waals surface area contributed by atoms with Gasteiger partial charge in [-0.15, -0.1) is 0 Å². The van der Waals surface area contributed by atoms with E-state index in [0.717, 1.165) is 13.1 Å². The van der Waals surface area contributed by atoms with Crippen LogP contribution in [0.15, 0.2) is 24.3 Å². The minimum Gasteiger partial charge on any atom is -0.495 e. The maximum absolute atomic E-state index is 13.0. The van der Waals surface area contributed by atoms with Crippen molar-refractivity contribution in [3.05, 3.63) is 24.3 Å². The van der Waals surface area contributed by atoms with E-state index in [-0.39, 0.29) is 36.0 Å². The summed E-state index contributed by atoms with van der Waals surface area (Å²) in [6.07, 6.45) is 1.60. The predicted octanol–water partition coefficient (Wildman–Crippen LogP) is 2.16. The molecule has 2 fully saturated rings. The zero-order valence-corrected chi connectivity index (χ0v) is 17.6. The first kappa shape index (κ1) is 21.1. The fourth-order valence-electron chi connectivity index (χ4n) is 4.36. The zero-order chi connectivity index (χ0) is 21.0. The van der Waals surface area contributed by atoms with Crippen molar-refractivity contribution in [2.45, 2.75) is 33.1 Å². The summed E-state index contributed by atoms with van der Waals surface area (Å²) in [5, 5.41) is 0. The van der Waals surface area contributed by atoms with Gasteiger partial charge in [0, 0.05) is 45.1 Å². The van der Waals surface area contributed by atoms with Gasteiger partial charge in [-0.25, -0.2) is 0 Å². The molecular weight excluding hydrogens is 370 g/mol. The molecule has 1 aromatic rings. The van der Waals surface area contributed by atoms with Gasteiger partial charge in [-0.3, -0.25) is 14.4 Å². The summed E-state index contributed by atoms with van der Waals surface area (Å²) in [6.45, 7) is 6.95. The van der Waals surface area contributed by atoms with Crippen molar-refractivity contribution in [3.63, 3.8) is 0 Å². The van der Waals surface area contributed by atoms with E-state index < -0.39 is 0 Å². The molecule has 2 saturated heterocycles. The number of nitrogens with zero attached hydrogens (tertiary/aromatic N) is 3. The number of para-hydroxylation sites is 2. The maximum atomic E-state index is 13.0. The molecule has 2 heterocycles. The van der Waals surface area contributed by atoms with Gasteiger partial charge in [0.2, 0.25) is 17.7 Å². The molecule has 158 valence electrons. The summed E-state index contributed by atoms with van der Waals surface area (Å²) >= 11 is 0. The molecule has 0 bridgehead atoms. The van der Waals surface area contributed by atoms with Crippen molar-refractivity contribution in [1.29, 1.82) is 0 Å². The number of carbonyl (C=O) groups excluding carboxylic acids is 3. The lowest BCUT2D eigenvalue weighted by Crippen LogP contribution is -2.46. The molecule has 7 heteroatoms. The molecule has 29 heavy (non-hydrogen) atoms. The fourth-order valence-corrected chi connectivity index (χ4v) is 4.36. The first-order valence-electron chi connectivity index (χ1n) is 10.5. The zero-order valence-electron chi connectivity index (χ0n) is 17.6. The number of likely N-dealkylation sites (tertiary alicyclic amines) is 1. The van der Waals surface area contributed by atoms with Gasteiger partial charge in [-0.05, 0) is 38.8 Å². The average Bonchev–Trinajstić information content (AvgIpc) is 3.15. The Morgan fingerprint density at radius 3 is 2.38 bits per heavy atom. The smallest absolute Gasteiger partial charge is 0.228 e. The first-order valence-corrected chi connectivity index (χ1v) is 10.5. The number of methoxy groups -OCH3 is 1. The van der Waals surface area contributed by atoms with Gasteiger partial charge in [-0.2, -0.15) is 0 Å². The van der Waals surface area contributed by atoms with Crippen molar-refractivity contribution in [2.24, 2.45) is 11.8 Å². The van der Waals surface area contributed by atoms with Gasteiger partial charge in [0.25, 0.3) is 0 Å². The number of hydrogen-bond donors (Lipinski definition) is 0. The van der Waals surface area contributed by atoms with Crippen LogP contribution in [0.5, 0.6) is 5.75 Å². The molecule has 0 saturated carbocycles. The topological polar surface area (TPSA) is 70.2 Å². The molecule has 3 amide bonds. The molecule has 0 aromatic heterocycles. The van der Waals surface area contributed by atoms with E-state index in [4.69, 9.17) is 4.74 Å². The lowest BCUT2D eigenvalue weighted by molar-refractivity contribution is -0.142. The predicted molar refractivity (Wildman–Crippen MR) is 111 cm³/mol. The van der Waals surface area contributed by atoms with Crippen molar-refractivity contribution >= 4 is 23.4 Å². The molecule has 2 aliphatic heterocycles. The van der Waals surface area contributed by atoms with Crippen LogP contribution < -0.4 is 9.64 Å². The highest BCUT2D eigenvalue weighted by molar-refractivity contribution is 6.01. The number of carbonyl (C=O) groups is 3.